The number of nitrogens with two attached hydrogens (primary N) is 1. The Morgan fingerprint density at radius 2 is 2.05 bits per heavy atom. The van der Waals surface area contributed by atoms with E-state index < -0.39 is 18.1 Å². The molecular weight excluding hydrogens is 278 g/mol. The van der Waals surface area contributed by atoms with Crippen LogP contribution in [0.2, 0.25) is 0 Å². The third-order valence-corrected chi connectivity index (χ3v) is 3.73. The lowest BCUT2D eigenvalue weighted by Gasteiger charge is -2.28. The zero-order chi connectivity index (χ0) is 16.0. The maximum Gasteiger partial charge on any atom is 0.387 e. The summed E-state index contributed by atoms with van der Waals surface area (Å²) < 4.78 is 29.3. The summed E-state index contributed by atoms with van der Waals surface area (Å²) in [5.41, 5.74) is 5.47. The molecule has 1 rings (SSSR count). The fraction of sp³-hybridized carbons (Fsp3) is 0.533. The Kier molecular flexibility index (Phi) is 6.08. The van der Waals surface area contributed by atoms with Crippen molar-refractivity contribution < 1.29 is 18.3 Å². The van der Waals surface area contributed by atoms with Gasteiger partial charge in [-0.2, -0.15) is 8.78 Å². The first-order valence-corrected chi connectivity index (χ1v) is 6.88. The van der Waals surface area contributed by atoms with Gasteiger partial charge in [0.2, 0.25) is 5.91 Å². The number of carbonyl (C=O) groups excluding carboxylic acids is 1. The van der Waals surface area contributed by atoms with Gasteiger partial charge in [-0.1, -0.05) is 25.1 Å². The molecule has 3 N–H and O–H groups in total. The Morgan fingerprint density at radius 3 is 2.57 bits per heavy atom. The largest absolute Gasteiger partial charge is 0.434 e. The SMILES string of the molecule is CCC(C)(CN)C(=O)NC(C)c1ccccc1OC(F)F. The van der Waals surface area contributed by atoms with E-state index in [1.54, 1.807) is 32.0 Å². The fourth-order valence-electron chi connectivity index (χ4n) is 1.89. The van der Waals surface area contributed by atoms with Crippen LogP contribution in [0.5, 0.6) is 5.75 Å². The first-order chi connectivity index (χ1) is 9.84. The van der Waals surface area contributed by atoms with E-state index >= 15 is 0 Å². The van der Waals surface area contributed by atoms with Gasteiger partial charge in [-0.05, 0) is 26.3 Å². The predicted molar refractivity (Wildman–Crippen MR) is 77.1 cm³/mol. The van der Waals surface area contributed by atoms with E-state index in [1.165, 1.54) is 6.07 Å². The van der Waals surface area contributed by atoms with Gasteiger partial charge in [0.25, 0.3) is 0 Å². The van der Waals surface area contributed by atoms with Crippen LogP contribution in [0.4, 0.5) is 8.78 Å². The van der Waals surface area contributed by atoms with Gasteiger partial charge >= 0.3 is 6.61 Å². The molecule has 1 aromatic rings. The molecule has 6 heteroatoms. The first-order valence-electron chi connectivity index (χ1n) is 6.88. The Bertz CT molecular complexity index is 476. The molecule has 0 aliphatic rings. The Balaban J connectivity index is 2.89. The van der Waals surface area contributed by atoms with Crippen molar-refractivity contribution in [3.8, 4) is 5.75 Å². The van der Waals surface area contributed by atoms with Gasteiger partial charge in [-0.25, -0.2) is 0 Å². The first kappa shape index (κ1) is 17.4. The number of amides is 1. The van der Waals surface area contributed by atoms with Gasteiger partial charge in [0.05, 0.1) is 11.5 Å². The van der Waals surface area contributed by atoms with Gasteiger partial charge in [-0.15, -0.1) is 0 Å². The summed E-state index contributed by atoms with van der Waals surface area (Å²) in [6, 6.07) is 5.95. The van der Waals surface area contributed by atoms with E-state index in [9.17, 15) is 13.6 Å². The topological polar surface area (TPSA) is 64.4 Å². The van der Waals surface area contributed by atoms with Crippen LogP contribution in [0.1, 0.15) is 38.8 Å². The summed E-state index contributed by atoms with van der Waals surface area (Å²) in [4.78, 5) is 12.3. The normalized spacial score (nSPS) is 15.4. The van der Waals surface area contributed by atoms with Gasteiger partial charge in [-0.3, -0.25) is 4.79 Å². The Labute approximate surface area is 123 Å². The number of ether oxygens (including phenoxy) is 1. The summed E-state index contributed by atoms with van der Waals surface area (Å²) in [6.45, 7) is 2.69. The number of halogens is 2. The molecule has 1 aromatic carbocycles. The zero-order valence-corrected chi connectivity index (χ0v) is 12.5. The lowest BCUT2D eigenvalue weighted by molar-refractivity contribution is -0.130. The quantitative estimate of drug-likeness (QED) is 0.814. The highest BCUT2D eigenvalue weighted by Gasteiger charge is 2.31. The average Bonchev–Trinajstić information content (AvgIpc) is 2.46. The monoisotopic (exact) mass is 300 g/mol. The molecule has 4 nitrogen and oxygen atoms in total. The van der Waals surface area contributed by atoms with Gasteiger partial charge in [0.15, 0.2) is 0 Å². The van der Waals surface area contributed by atoms with Crippen molar-refractivity contribution in [3.05, 3.63) is 29.8 Å². The smallest absolute Gasteiger partial charge is 0.387 e. The molecule has 0 saturated carbocycles. The number of hydrogen-bond donors (Lipinski definition) is 2. The number of hydrogen-bond acceptors (Lipinski definition) is 3. The molecule has 1 amide bonds. The number of alkyl halides is 2. The van der Waals surface area contributed by atoms with E-state index in [0.717, 1.165) is 0 Å². The van der Waals surface area contributed by atoms with Gasteiger partial charge < -0.3 is 15.8 Å². The molecule has 2 unspecified atom stereocenters. The van der Waals surface area contributed by atoms with Crippen molar-refractivity contribution >= 4 is 5.91 Å². The second-order valence-corrected chi connectivity index (χ2v) is 5.23. The molecule has 21 heavy (non-hydrogen) atoms. The van der Waals surface area contributed by atoms with Crippen molar-refractivity contribution in [1.29, 1.82) is 0 Å². The minimum atomic E-state index is -2.90. The number of rotatable bonds is 7. The summed E-state index contributed by atoms with van der Waals surface area (Å²) in [5, 5.41) is 2.81. The summed E-state index contributed by atoms with van der Waals surface area (Å²) in [5.74, 6) is -0.141. The molecule has 0 aromatic heterocycles. The second-order valence-electron chi connectivity index (χ2n) is 5.23. The van der Waals surface area contributed by atoms with E-state index in [2.05, 4.69) is 10.1 Å². The van der Waals surface area contributed by atoms with Gasteiger partial charge in [0.1, 0.15) is 5.75 Å². The molecule has 0 aliphatic heterocycles. The number of benzene rings is 1. The fourth-order valence-corrected chi connectivity index (χ4v) is 1.89. The molecule has 0 heterocycles. The number of carbonyl (C=O) groups is 1. The zero-order valence-electron chi connectivity index (χ0n) is 12.5. The Morgan fingerprint density at radius 1 is 1.43 bits per heavy atom. The summed E-state index contributed by atoms with van der Waals surface area (Å²) >= 11 is 0. The van der Waals surface area contributed by atoms with Crippen LogP contribution < -0.4 is 15.8 Å². The van der Waals surface area contributed by atoms with Crippen LogP contribution in [0.3, 0.4) is 0 Å². The van der Waals surface area contributed by atoms with Crippen molar-refractivity contribution in [1.82, 2.24) is 5.32 Å². The molecule has 118 valence electrons. The second kappa shape index (κ2) is 7.36. The van der Waals surface area contributed by atoms with Gasteiger partial charge in [0, 0.05) is 12.1 Å². The van der Waals surface area contributed by atoms with E-state index in [0.29, 0.717) is 12.0 Å². The predicted octanol–water partition coefficient (Wildman–Crippen LogP) is 2.84. The van der Waals surface area contributed by atoms with Crippen LogP contribution in [0, 0.1) is 5.41 Å². The molecule has 2 atom stereocenters. The lowest BCUT2D eigenvalue weighted by Crippen LogP contribution is -2.44. The third kappa shape index (κ3) is 4.39. The Hall–Kier alpha value is -1.69. The maximum absolute atomic E-state index is 12.4. The molecule has 0 fully saturated rings. The van der Waals surface area contributed by atoms with Crippen molar-refractivity contribution in [2.24, 2.45) is 11.1 Å². The molecule has 0 saturated heterocycles. The minimum Gasteiger partial charge on any atom is -0.434 e. The molecule has 0 spiro atoms. The maximum atomic E-state index is 12.4. The van der Waals surface area contributed by atoms with Crippen molar-refractivity contribution in [3.63, 3.8) is 0 Å². The minimum absolute atomic E-state index is 0.0613. The number of para-hydroxylation sites is 1. The van der Waals surface area contributed by atoms with Crippen molar-refractivity contribution in [2.45, 2.75) is 39.8 Å². The van der Waals surface area contributed by atoms with Crippen molar-refractivity contribution in [2.75, 3.05) is 6.54 Å². The molecular formula is C15H22F2N2O2. The summed E-state index contributed by atoms with van der Waals surface area (Å²) in [7, 11) is 0. The van der Waals surface area contributed by atoms with Crippen LogP contribution in [0.25, 0.3) is 0 Å². The highest BCUT2D eigenvalue weighted by molar-refractivity contribution is 5.82. The highest BCUT2D eigenvalue weighted by atomic mass is 19.3. The average molecular weight is 300 g/mol. The molecule has 0 bridgehead atoms. The standard InChI is InChI=1S/C15H22F2N2O2/c1-4-15(3,9-18)13(20)19-10(2)11-7-5-6-8-12(11)21-14(16)17/h5-8,10,14H,4,9,18H2,1-3H3,(H,19,20). The van der Waals surface area contributed by atoms with Crippen LogP contribution in [-0.4, -0.2) is 19.1 Å². The highest BCUT2D eigenvalue weighted by Crippen LogP contribution is 2.28. The van der Waals surface area contributed by atoms with E-state index in [-0.39, 0.29) is 18.2 Å². The van der Waals surface area contributed by atoms with E-state index in [1.807, 2.05) is 6.92 Å². The summed E-state index contributed by atoms with van der Waals surface area (Å²) in [6.07, 6.45) is 0.594. The van der Waals surface area contributed by atoms with Crippen LogP contribution in [-0.2, 0) is 4.79 Å². The van der Waals surface area contributed by atoms with Crippen LogP contribution in [0.15, 0.2) is 24.3 Å². The molecule has 0 aliphatic carbocycles. The lowest BCUT2D eigenvalue weighted by atomic mass is 9.86. The van der Waals surface area contributed by atoms with Crippen LogP contribution >= 0.6 is 0 Å². The van der Waals surface area contributed by atoms with E-state index in [4.69, 9.17) is 5.73 Å². The molecule has 0 radical (unpaired) electrons. The number of nitrogens with one attached hydrogen (secondary N) is 1. The third-order valence-electron chi connectivity index (χ3n) is 3.73.